The number of aliphatic hydroxyl groups is 7. The van der Waals surface area contributed by atoms with E-state index >= 15 is 0 Å². The molecule has 4 heterocycles. The topological polar surface area (TPSA) is 390 Å². The minimum Gasteiger partial charge on any atom is -0.479 e. The van der Waals surface area contributed by atoms with Gasteiger partial charge in [-0.15, -0.1) is 0 Å². The van der Waals surface area contributed by atoms with Gasteiger partial charge in [0.25, 0.3) is 0 Å². The molecule has 2 aromatic rings. The first kappa shape index (κ1) is 36.8. The summed E-state index contributed by atoms with van der Waals surface area (Å²) in [7, 11) is -5.64. The molecule has 2 aromatic heterocycles. The minimum atomic E-state index is -5.64. The van der Waals surface area contributed by atoms with E-state index < -0.39 is 113 Å². The van der Waals surface area contributed by atoms with Crippen molar-refractivity contribution in [2.24, 2.45) is 0 Å². The lowest BCUT2D eigenvalue weighted by molar-refractivity contribution is -0.324. The molecular formula is C22H32N5O19P. The second kappa shape index (κ2) is 14.6. The van der Waals surface area contributed by atoms with Gasteiger partial charge in [-0.2, -0.15) is 0 Å². The first-order chi connectivity index (χ1) is 22.0. The lowest BCUT2D eigenvalue weighted by Crippen LogP contribution is -2.62. The SMILES string of the molecule is Nc1ncnc2c1ncn2[C@@H]1O[C@H](CO[C@@H]2[C@@H](O)[C@H](O)[C@H](OC(C(=O)O)C(O)C(OP(=O)(O)O)C(O)C(=O)O)O[C@H]2CO)[C@@H](O)[C@H]1O. The molecule has 24 nitrogen and oxygen atoms in total. The number of aromatic nitrogens is 4. The highest BCUT2D eigenvalue weighted by Gasteiger charge is 2.51. The number of phosphoric ester groups is 1. The Hall–Kier alpha value is -3.04. The van der Waals surface area contributed by atoms with Crippen LogP contribution in [0.4, 0.5) is 5.82 Å². The van der Waals surface area contributed by atoms with Crippen molar-refractivity contribution in [2.75, 3.05) is 18.9 Å². The molecule has 25 heteroatoms. The molecule has 264 valence electrons. The quantitative estimate of drug-likeness (QED) is 0.0814. The molecule has 2 fully saturated rings. The largest absolute Gasteiger partial charge is 0.479 e. The Labute approximate surface area is 261 Å². The third kappa shape index (κ3) is 7.83. The van der Waals surface area contributed by atoms with Gasteiger partial charge in [-0.3, -0.25) is 9.09 Å². The highest BCUT2D eigenvalue weighted by Crippen LogP contribution is 2.40. The van der Waals surface area contributed by atoms with Crippen molar-refractivity contribution in [3.05, 3.63) is 12.7 Å². The molecule has 0 radical (unpaired) electrons. The predicted octanol–water partition coefficient (Wildman–Crippen LogP) is -6.39. The Bertz CT molecular complexity index is 1460. The number of anilines is 1. The zero-order valence-corrected chi connectivity index (χ0v) is 24.5. The van der Waals surface area contributed by atoms with E-state index in [0.29, 0.717) is 0 Å². The maximum atomic E-state index is 11.9. The Morgan fingerprint density at radius 2 is 1.66 bits per heavy atom. The fourth-order valence-electron chi connectivity index (χ4n) is 4.94. The monoisotopic (exact) mass is 701 g/mol. The lowest BCUT2D eigenvalue weighted by atomic mass is 9.98. The molecule has 0 spiro atoms. The van der Waals surface area contributed by atoms with E-state index in [9.17, 15) is 55.0 Å². The van der Waals surface area contributed by atoms with Crippen molar-refractivity contribution >= 4 is 36.7 Å². The number of nitrogen functional groups attached to an aromatic ring is 1. The van der Waals surface area contributed by atoms with Gasteiger partial charge in [-0.1, -0.05) is 0 Å². The number of carboxylic acids is 2. The van der Waals surface area contributed by atoms with E-state index in [1.807, 2.05) is 0 Å². The summed E-state index contributed by atoms with van der Waals surface area (Å²) in [5.41, 5.74) is 6.13. The average molecular weight is 701 g/mol. The van der Waals surface area contributed by atoms with Gasteiger partial charge in [-0.05, 0) is 0 Å². The fourth-order valence-corrected chi connectivity index (χ4v) is 5.49. The lowest BCUT2D eigenvalue weighted by Gasteiger charge is -2.43. The van der Waals surface area contributed by atoms with Crippen LogP contribution in [0.2, 0.25) is 0 Å². The van der Waals surface area contributed by atoms with E-state index in [-0.39, 0.29) is 17.0 Å². The molecule has 2 saturated heterocycles. The third-order valence-corrected chi connectivity index (χ3v) is 7.78. The maximum absolute atomic E-state index is 11.9. The standard InChI is InChI=1S/C22H32N5O19P/c23-17-7-18(25-3-24-17)27(4-26-7)19-10(31)8(29)6(43-19)2-42-14-5(1-28)44-22(11(32)9(14)30)45-16(21(37)38)12(33)15(13(34)20(35)36)46-47(39,40)41/h3-6,8-16,19,22,28-34H,1-2H2,(H,35,36)(H,37,38)(H2,23,24,25)(H2,39,40,41)/t5-,6+,8+,9-,10+,11-,12?,13?,14-,15?,16?,19+,22-/m0/s1. The molecular weight excluding hydrogens is 669 g/mol. The van der Waals surface area contributed by atoms with E-state index in [2.05, 4.69) is 19.5 Å². The fraction of sp³-hybridized carbons (Fsp3) is 0.682. The summed E-state index contributed by atoms with van der Waals surface area (Å²) in [5, 5.41) is 91.3. The first-order valence-corrected chi connectivity index (χ1v) is 14.9. The van der Waals surface area contributed by atoms with Crippen molar-refractivity contribution in [3.8, 4) is 0 Å². The van der Waals surface area contributed by atoms with Crippen LogP contribution in [-0.4, -0.2) is 174 Å². The number of phosphoric acid groups is 1. The summed E-state index contributed by atoms with van der Waals surface area (Å²) in [6.07, 6.45) is -24.3. The summed E-state index contributed by atoms with van der Waals surface area (Å²) in [4.78, 5) is 53.1. The van der Waals surface area contributed by atoms with Gasteiger partial charge in [0, 0.05) is 0 Å². The van der Waals surface area contributed by atoms with Gasteiger partial charge in [0.05, 0.1) is 19.5 Å². The van der Waals surface area contributed by atoms with E-state index in [4.69, 9.17) is 39.6 Å². The summed E-state index contributed by atoms with van der Waals surface area (Å²) in [5.74, 6) is -4.26. The van der Waals surface area contributed by atoms with Crippen LogP contribution in [0, 0.1) is 0 Å². The number of hydrogen-bond acceptors (Lipinski definition) is 19. The van der Waals surface area contributed by atoms with Crippen molar-refractivity contribution < 1.29 is 93.4 Å². The zero-order chi connectivity index (χ0) is 35.0. The molecule has 0 aromatic carbocycles. The number of imidazole rings is 1. The average Bonchev–Trinajstić information content (AvgIpc) is 3.55. The summed E-state index contributed by atoms with van der Waals surface area (Å²) >= 11 is 0. The van der Waals surface area contributed by atoms with E-state index in [1.165, 1.54) is 10.9 Å². The number of hydrogen-bond donors (Lipinski definition) is 12. The molecule has 4 rings (SSSR count). The molecule has 4 unspecified atom stereocenters. The number of fused-ring (bicyclic) bond motifs is 1. The molecule has 13 atom stereocenters. The summed E-state index contributed by atoms with van der Waals surface area (Å²) in [6.45, 7) is -1.57. The van der Waals surface area contributed by atoms with Crippen LogP contribution in [0.1, 0.15) is 6.23 Å². The Morgan fingerprint density at radius 3 is 2.26 bits per heavy atom. The minimum absolute atomic E-state index is 0.0418. The van der Waals surface area contributed by atoms with Crippen LogP contribution >= 0.6 is 7.82 Å². The predicted molar refractivity (Wildman–Crippen MR) is 142 cm³/mol. The van der Waals surface area contributed by atoms with Crippen LogP contribution in [0.5, 0.6) is 0 Å². The van der Waals surface area contributed by atoms with Gasteiger partial charge in [0.15, 0.2) is 36.2 Å². The number of rotatable bonds is 14. The molecule has 2 aliphatic heterocycles. The van der Waals surface area contributed by atoms with Crippen LogP contribution < -0.4 is 5.73 Å². The number of nitrogens with two attached hydrogens (primary N) is 1. The highest BCUT2D eigenvalue weighted by molar-refractivity contribution is 7.46. The van der Waals surface area contributed by atoms with Crippen molar-refractivity contribution in [2.45, 2.75) is 79.7 Å². The van der Waals surface area contributed by atoms with Crippen LogP contribution in [-0.2, 0) is 37.6 Å². The molecule has 0 aliphatic carbocycles. The summed E-state index contributed by atoms with van der Waals surface area (Å²) in [6, 6.07) is 0. The van der Waals surface area contributed by atoms with Crippen LogP contribution in [0.3, 0.4) is 0 Å². The normalized spacial score (nSPS) is 32.6. The Kier molecular flexibility index (Phi) is 11.4. The van der Waals surface area contributed by atoms with Crippen molar-refractivity contribution in [3.63, 3.8) is 0 Å². The van der Waals surface area contributed by atoms with Crippen molar-refractivity contribution in [1.29, 1.82) is 0 Å². The molecule has 0 saturated carbocycles. The van der Waals surface area contributed by atoms with Gasteiger partial charge in [-0.25, -0.2) is 29.1 Å². The number of aliphatic carboxylic acids is 2. The van der Waals surface area contributed by atoms with Crippen LogP contribution in [0.25, 0.3) is 11.2 Å². The second-order valence-corrected chi connectivity index (χ2v) is 11.6. The van der Waals surface area contributed by atoms with Crippen molar-refractivity contribution in [1.82, 2.24) is 19.5 Å². The van der Waals surface area contributed by atoms with Gasteiger partial charge in [0.2, 0.25) is 0 Å². The molecule has 0 bridgehead atoms. The van der Waals surface area contributed by atoms with Crippen LogP contribution in [0.15, 0.2) is 12.7 Å². The van der Waals surface area contributed by atoms with E-state index in [0.717, 1.165) is 6.33 Å². The third-order valence-electron chi connectivity index (χ3n) is 7.27. The Balaban J connectivity index is 1.45. The number of aliphatic hydroxyl groups excluding tert-OH is 7. The first-order valence-electron chi connectivity index (χ1n) is 13.4. The molecule has 13 N–H and O–H groups in total. The highest BCUT2D eigenvalue weighted by atomic mass is 31.2. The van der Waals surface area contributed by atoms with Gasteiger partial charge >= 0.3 is 19.8 Å². The number of carbonyl (C=O) groups is 2. The number of ether oxygens (including phenoxy) is 4. The second-order valence-electron chi connectivity index (χ2n) is 10.4. The molecule has 0 amide bonds. The molecule has 47 heavy (non-hydrogen) atoms. The van der Waals surface area contributed by atoms with Gasteiger partial charge < -0.3 is 80.4 Å². The zero-order valence-electron chi connectivity index (χ0n) is 23.6. The van der Waals surface area contributed by atoms with E-state index in [1.54, 1.807) is 0 Å². The smallest absolute Gasteiger partial charge is 0.470 e. The maximum Gasteiger partial charge on any atom is 0.470 e. The molecule has 2 aliphatic rings. The number of carboxylic acid groups (broad SMARTS) is 2. The summed E-state index contributed by atoms with van der Waals surface area (Å²) < 4.78 is 38.2. The van der Waals surface area contributed by atoms with Gasteiger partial charge in [0.1, 0.15) is 66.8 Å². The Morgan fingerprint density at radius 1 is 0.979 bits per heavy atom. The number of nitrogens with zero attached hydrogens (tertiary/aromatic N) is 4.